The first-order valence-electron chi connectivity index (χ1n) is 7.34. The molecule has 1 aliphatic rings. The third-order valence-corrected chi connectivity index (χ3v) is 3.79. The molecule has 1 saturated heterocycles. The van der Waals surface area contributed by atoms with Gasteiger partial charge in [-0.2, -0.15) is 10.5 Å². The highest BCUT2D eigenvalue weighted by Crippen LogP contribution is 2.12. The predicted octanol–water partition coefficient (Wildman–Crippen LogP) is 1.54. The Morgan fingerprint density at radius 3 is 2.57 bits per heavy atom. The monoisotopic (exact) mass is 287 g/mol. The van der Waals surface area contributed by atoms with Crippen LogP contribution in [0, 0.1) is 35.5 Å². The van der Waals surface area contributed by atoms with Crippen LogP contribution in [0.3, 0.4) is 0 Å². The standard InChI is InChI=1S/C15H21N5O/c1-13-9-15(21-18-13)12-20-7-5-19(6-8-20)11-14(10-17)3-2-4-16/h9,14H,2-3,5-8,11-12H2,1H3/t14-/m1/s1. The molecule has 21 heavy (non-hydrogen) atoms. The average Bonchev–Trinajstić information content (AvgIpc) is 2.90. The molecule has 0 radical (unpaired) electrons. The molecule has 1 fully saturated rings. The summed E-state index contributed by atoms with van der Waals surface area (Å²) < 4.78 is 5.24. The van der Waals surface area contributed by atoms with E-state index in [1.165, 1.54) is 0 Å². The van der Waals surface area contributed by atoms with E-state index in [0.29, 0.717) is 12.8 Å². The van der Waals surface area contributed by atoms with Crippen molar-refractivity contribution in [3.8, 4) is 12.1 Å². The normalized spacial score (nSPS) is 18.0. The van der Waals surface area contributed by atoms with Crippen molar-refractivity contribution in [1.82, 2.24) is 15.0 Å². The SMILES string of the molecule is Cc1cc(CN2CCN(C[C@@H](C#N)CCC#N)CC2)on1. The minimum atomic E-state index is -0.0341. The molecule has 6 heteroatoms. The van der Waals surface area contributed by atoms with Crippen molar-refractivity contribution in [2.24, 2.45) is 5.92 Å². The van der Waals surface area contributed by atoms with E-state index in [1.807, 2.05) is 13.0 Å². The van der Waals surface area contributed by atoms with Gasteiger partial charge in [-0.05, 0) is 13.3 Å². The minimum Gasteiger partial charge on any atom is -0.360 e. The van der Waals surface area contributed by atoms with Gasteiger partial charge in [0.1, 0.15) is 0 Å². The van der Waals surface area contributed by atoms with Gasteiger partial charge in [-0.1, -0.05) is 5.16 Å². The van der Waals surface area contributed by atoms with E-state index in [1.54, 1.807) is 0 Å². The Morgan fingerprint density at radius 1 is 1.29 bits per heavy atom. The van der Waals surface area contributed by atoms with Crippen LogP contribution >= 0.6 is 0 Å². The molecule has 6 nitrogen and oxygen atoms in total. The number of nitriles is 2. The van der Waals surface area contributed by atoms with Gasteiger partial charge < -0.3 is 4.52 Å². The van der Waals surface area contributed by atoms with E-state index in [0.717, 1.165) is 50.7 Å². The minimum absolute atomic E-state index is 0.0341. The summed E-state index contributed by atoms with van der Waals surface area (Å²) in [6.07, 6.45) is 1.13. The fourth-order valence-corrected chi connectivity index (χ4v) is 2.59. The molecule has 2 rings (SSSR count). The maximum atomic E-state index is 9.12. The average molecular weight is 287 g/mol. The van der Waals surface area contributed by atoms with E-state index in [2.05, 4.69) is 27.1 Å². The number of rotatable bonds is 6. The van der Waals surface area contributed by atoms with Crippen LogP contribution in [0.25, 0.3) is 0 Å². The van der Waals surface area contributed by atoms with Crippen molar-refractivity contribution in [1.29, 1.82) is 10.5 Å². The Bertz CT molecular complexity index is 519. The number of aromatic nitrogens is 1. The Labute approximate surface area is 125 Å². The molecule has 112 valence electrons. The Morgan fingerprint density at radius 2 is 2.00 bits per heavy atom. The van der Waals surface area contributed by atoms with Crippen molar-refractivity contribution in [2.75, 3.05) is 32.7 Å². The first-order chi connectivity index (χ1) is 10.2. The maximum Gasteiger partial charge on any atom is 0.150 e. The summed E-state index contributed by atoms with van der Waals surface area (Å²) in [5, 5.41) is 21.6. The molecule has 1 atom stereocenters. The van der Waals surface area contributed by atoms with Gasteiger partial charge in [0.25, 0.3) is 0 Å². The van der Waals surface area contributed by atoms with Crippen LogP contribution in [0.5, 0.6) is 0 Å². The highest BCUT2D eigenvalue weighted by atomic mass is 16.5. The second-order valence-corrected chi connectivity index (χ2v) is 5.53. The van der Waals surface area contributed by atoms with E-state index in [9.17, 15) is 0 Å². The van der Waals surface area contributed by atoms with Crippen LogP contribution in [0.4, 0.5) is 0 Å². The maximum absolute atomic E-state index is 9.12. The Balaban J connectivity index is 1.73. The van der Waals surface area contributed by atoms with Gasteiger partial charge in [0.15, 0.2) is 5.76 Å². The highest BCUT2D eigenvalue weighted by Gasteiger charge is 2.20. The van der Waals surface area contributed by atoms with Gasteiger partial charge in [-0.25, -0.2) is 0 Å². The lowest BCUT2D eigenvalue weighted by atomic mass is 10.0. The van der Waals surface area contributed by atoms with Crippen molar-refractivity contribution in [3.63, 3.8) is 0 Å². The van der Waals surface area contributed by atoms with Crippen molar-refractivity contribution >= 4 is 0 Å². The molecule has 2 heterocycles. The molecule has 0 amide bonds. The predicted molar refractivity (Wildman–Crippen MR) is 76.9 cm³/mol. The van der Waals surface area contributed by atoms with E-state index in [4.69, 9.17) is 15.0 Å². The zero-order valence-electron chi connectivity index (χ0n) is 12.5. The lowest BCUT2D eigenvalue weighted by Crippen LogP contribution is -2.47. The van der Waals surface area contributed by atoms with Crippen LogP contribution in [-0.4, -0.2) is 47.7 Å². The molecule has 1 aliphatic heterocycles. The van der Waals surface area contributed by atoms with Gasteiger partial charge in [0.05, 0.1) is 30.3 Å². The molecule has 0 spiro atoms. The smallest absolute Gasteiger partial charge is 0.150 e. The summed E-state index contributed by atoms with van der Waals surface area (Å²) >= 11 is 0. The molecule has 0 aromatic carbocycles. The van der Waals surface area contributed by atoms with Crippen LogP contribution in [0.15, 0.2) is 10.6 Å². The molecule has 0 N–H and O–H groups in total. The molecule has 0 aliphatic carbocycles. The van der Waals surface area contributed by atoms with Gasteiger partial charge in [-0.15, -0.1) is 0 Å². The molecule has 0 saturated carbocycles. The quantitative estimate of drug-likeness (QED) is 0.789. The van der Waals surface area contributed by atoms with Crippen LogP contribution < -0.4 is 0 Å². The third-order valence-electron chi connectivity index (χ3n) is 3.79. The first kappa shape index (κ1) is 15.5. The molecule has 0 unspecified atom stereocenters. The van der Waals surface area contributed by atoms with Gasteiger partial charge in [-0.3, -0.25) is 9.80 Å². The van der Waals surface area contributed by atoms with Crippen LogP contribution in [0.1, 0.15) is 24.3 Å². The van der Waals surface area contributed by atoms with Crippen LogP contribution in [-0.2, 0) is 6.54 Å². The summed E-state index contributed by atoms with van der Waals surface area (Å²) in [7, 11) is 0. The fraction of sp³-hybridized carbons (Fsp3) is 0.667. The number of nitrogens with zero attached hydrogens (tertiary/aromatic N) is 5. The van der Waals surface area contributed by atoms with E-state index in [-0.39, 0.29) is 5.92 Å². The molecule has 0 bridgehead atoms. The summed E-state index contributed by atoms with van der Waals surface area (Å²) in [6.45, 7) is 7.34. The first-order valence-corrected chi connectivity index (χ1v) is 7.34. The lowest BCUT2D eigenvalue weighted by molar-refractivity contribution is 0.111. The molecule has 1 aromatic heterocycles. The lowest BCUT2D eigenvalue weighted by Gasteiger charge is -2.34. The molecular weight excluding hydrogens is 266 g/mol. The van der Waals surface area contributed by atoms with Gasteiger partial charge >= 0.3 is 0 Å². The number of piperazine rings is 1. The van der Waals surface area contributed by atoms with E-state index >= 15 is 0 Å². The number of hydrogen-bond donors (Lipinski definition) is 0. The molecule has 1 aromatic rings. The molecular formula is C15H21N5O. The summed E-state index contributed by atoms with van der Waals surface area (Å²) in [4.78, 5) is 4.65. The van der Waals surface area contributed by atoms with Crippen LogP contribution in [0.2, 0.25) is 0 Å². The zero-order chi connectivity index (χ0) is 15.1. The summed E-state index contributed by atoms with van der Waals surface area (Å²) in [5.41, 5.74) is 0.915. The second kappa shape index (κ2) is 7.78. The Kier molecular flexibility index (Phi) is 5.74. The number of aryl methyl sites for hydroxylation is 1. The summed E-state index contributed by atoms with van der Waals surface area (Å²) in [6, 6.07) is 6.39. The second-order valence-electron chi connectivity index (χ2n) is 5.53. The third kappa shape index (κ3) is 4.86. The van der Waals surface area contributed by atoms with Gasteiger partial charge in [0, 0.05) is 45.2 Å². The number of hydrogen-bond acceptors (Lipinski definition) is 6. The van der Waals surface area contributed by atoms with Crippen molar-refractivity contribution in [2.45, 2.75) is 26.3 Å². The summed E-state index contributed by atoms with van der Waals surface area (Å²) in [5.74, 6) is 0.873. The highest BCUT2D eigenvalue weighted by molar-refractivity contribution is 5.03. The largest absolute Gasteiger partial charge is 0.360 e. The zero-order valence-corrected chi connectivity index (χ0v) is 12.5. The van der Waals surface area contributed by atoms with Crippen molar-refractivity contribution < 1.29 is 4.52 Å². The Hall–Kier alpha value is -1.89. The topological polar surface area (TPSA) is 80.1 Å². The van der Waals surface area contributed by atoms with Gasteiger partial charge in [0.2, 0.25) is 0 Å². The van der Waals surface area contributed by atoms with E-state index < -0.39 is 0 Å². The van der Waals surface area contributed by atoms with Crippen molar-refractivity contribution in [3.05, 3.63) is 17.5 Å². The fourth-order valence-electron chi connectivity index (χ4n) is 2.59.